The molecule has 0 aliphatic heterocycles. The lowest BCUT2D eigenvalue weighted by molar-refractivity contribution is -0.137. The molecule has 0 radical (unpaired) electrons. The highest BCUT2D eigenvalue weighted by Crippen LogP contribution is 2.29. The molecule has 3 nitrogen and oxygen atoms in total. The molecule has 0 aromatic heterocycles. The zero-order chi connectivity index (χ0) is 12.1. The van der Waals surface area contributed by atoms with Crippen LogP contribution >= 0.6 is 0 Å². The van der Waals surface area contributed by atoms with E-state index in [4.69, 9.17) is 9.84 Å². The summed E-state index contributed by atoms with van der Waals surface area (Å²) in [6, 6.07) is 5.88. The molecule has 0 bridgehead atoms. The van der Waals surface area contributed by atoms with Gasteiger partial charge >= 0.3 is 5.97 Å². The molecule has 1 rings (SSSR count). The van der Waals surface area contributed by atoms with Crippen LogP contribution in [0.25, 0.3) is 0 Å². The topological polar surface area (TPSA) is 46.5 Å². The number of carboxylic acids is 1. The van der Waals surface area contributed by atoms with Gasteiger partial charge in [-0.15, -0.1) is 0 Å². The highest BCUT2D eigenvalue weighted by atomic mass is 16.5. The van der Waals surface area contributed by atoms with Crippen LogP contribution < -0.4 is 4.74 Å². The maximum absolute atomic E-state index is 10.7. The highest BCUT2D eigenvalue weighted by molar-refractivity contribution is 5.68. The Morgan fingerprint density at radius 2 is 2.19 bits per heavy atom. The van der Waals surface area contributed by atoms with Crippen molar-refractivity contribution in [3.63, 3.8) is 0 Å². The quantitative estimate of drug-likeness (QED) is 0.833. The van der Waals surface area contributed by atoms with Gasteiger partial charge < -0.3 is 9.84 Å². The Kier molecular flexibility index (Phi) is 4.35. The van der Waals surface area contributed by atoms with Gasteiger partial charge in [-0.3, -0.25) is 4.79 Å². The van der Waals surface area contributed by atoms with Crippen LogP contribution in [0.3, 0.4) is 0 Å². The first kappa shape index (κ1) is 12.6. The molecule has 0 saturated carbocycles. The highest BCUT2D eigenvalue weighted by Gasteiger charge is 2.15. The summed E-state index contributed by atoms with van der Waals surface area (Å²) in [5.74, 6) is -0.0164. The molecule has 3 heteroatoms. The van der Waals surface area contributed by atoms with Crippen LogP contribution in [-0.2, 0) is 4.79 Å². The fourth-order valence-corrected chi connectivity index (χ4v) is 1.71. The summed E-state index contributed by atoms with van der Waals surface area (Å²) in [7, 11) is 0. The number of hydrogen-bond donors (Lipinski definition) is 1. The van der Waals surface area contributed by atoms with E-state index in [0.717, 1.165) is 16.9 Å². The van der Waals surface area contributed by atoms with Gasteiger partial charge in [0.15, 0.2) is 0 Å². The molecule has 1 atom stereocenters. The van der Waals surface area contributed by atoms with Crippen LogP contribution in [0.5, 0.6) is 5.75 Å². The first-order chi connectivity index (χ1) is 7.54. The van der Waals surface area contributed by atoms with Gasteiger partial charge in [0, 0.05) is 0 Å². The van der Waals surface area contributed by atoms with Crippen molar-refractivity contribution in [1.29, 1.82) is 0 Å². The summed E-state index contributed by atoms with van der Waals surface area (Å²) in [6.45, 7) is 6.42. The number of carboxylic acid groups (broad SMARTS) is 1. The second kappa shape index (κ2) is 5.54. The number of aryl methyl sites for hydroxylation is 1. The van der Waals surface area contributed by atoms with E-state index < -0.39 is 5.97 Å². The van der Waals surface area contributed by atoms with Crippen molar-refractivity contribution in [3.05, 3.63) is 29.3 Å². The van der Waals surface area contributed by atoms with E-state index in [1.807, 2.05) is 39.0 Å². The lowest BCUT2D eigenvalue weighted by Gasteiger charge is -2.15. The fraction of sp³-hybridized carbons (Fsp3) is 0.462. The monoisotopic (exact) mass is 222 g/mol. The van der Waals surface area contributed by atoms with Crippen molar-refractivity contribution < 1.29 is 14.6 Å². The number of rotatable bonds is 5. The third-order valence-electron chi connectivity index (χ3n) is 2.48. The number of carbonyl (C=O) groups is 1. The van der Waals surface area contributed by atoms with E-state index in [-0.39, 0.29) is 12.3 Å². The number of benzene rings is 1. The minimum Gasteiger partial charge on any atom is -0.494 e. The molecule has 1 unspecified atom stereocenters. The van der Waals surface area contributed by atoms with Crippen molar-refractivity contribution in [2.24, 2.45) is 0 Å². The third kappa shape index (κ3) is 3.26. The Bertz CT molecular complexity index is 371. The van der Waals surface area contributed by atoms with E-state index in [9.17, 15) is 4.79 Å². The van der Waals surface area contributed by atoms with E-state index in [2.05, 4.69) is 0 Å². The van der Waals surface area contributed by atoms with Crippen LogP contribution in [0.15, 0.2) is 18.2 Å². The van der Waals surface area contributed by atoms with Gasteiger partial charge in [-0.2, -0.15) is 0 Å². The van der Waals surface area contributed by atoms with Crippen LogP contribution in [0.1, 0.15) is 37.3 Å². The lowest BCUT2D eigenvalue weighted by Crippen LogP contribution is -2.06. The predicted octanol–water partition coefficient (Wildman–Crippen LogP) is 2.97. The summed E-state index contributed by atoms with van der Waals surface area (Å²) in [6.07, 6.45) is 0.128. The van der Waals surface area contributed by atoms with Gasteiger partial charge in [-0.05, 0) is 31.4 Å². The van der Waals surface area contributed by atoms with Gasteiger partial charge in [-0.1, -0.05) is 24.6 Å². The van der Waals surface area contributed by atoms with Crippen molar-refractivity contribution in [1.82, 2.24) is 0 Å². The molecule has 0 spiro atoms. The largest absolute Gasteiger partial charge is 0.494 e. The van der Waals surface area contributed by atoms with Crippen molar-refractivity contribution in [2.45, 2.75) is 33.1 Å². The maximum Gasteiger partial charge on any atom is 0.303 e. The summed E-state index contributed by atoms with van der Waals surface area (Å²) in [4.78, 5) is 10.7. The lowest BCUT2D eigenvalue weighted by atomic mass is 9.95. The first-order valence-electron chi connectivity index (χ1n) is 5.49. The van der Waals surface area contributed by atoms with Crippen LogP contribution in [-0.4, -0.2) is 17.7 Å². The molecule has 0 aliphatic carbocycles. The Labute approximate surface area is 96.1 Å². The Hall–Kier alpha value is -1.51. The zero-order valence-electron chi connectivity index (χ0n) is 9.99. The Morgan fingerprint density at radius 1 is 1.50 bits per heavy atom. The first-order valence-corrected chi connectivity index (χ1v) is 5.49. The molecule has 1 aromatic carbocycles. The molecule has 0 saturated heterocycles. The molecule has 0 amide bonds. The van der Waals surface area contributed by atoms with Gasteiger partial charge in [0.1, 0.15) is 5.75 Å². The number of aliphatic carboxylic acids is 1. The van der Waals surface area contributed by atoms with Crippen LogP contribution in [0.2, 0.25) is 0 Å². The minimum absolute atomic E-state index is 0.0288. The van der Waals surface area contributed by atoms with Crippen LogP contribution in [0, 0.1) is 6.92 Å². The average Bonchev–Trinajstić information content (AvgIpc) is 2.20. The SMILES string of the molecule is CCOc1ccc(C)cc1C(C)CC(=O)O. The average molecular weight is 222 g/mol. The van der Waals surface area contributed by atoms with E-state index in [0.29, 0.717) is 6.61 Å². The van der Waals surface area contributed by atoms with E-state index >= 15 is 0 Å². The Balaban J connectivity index is 2.98. The third-order valence-corrected chi connectivity index (χ3v) is 2.48. The molecule has 0 aliphatic rings. The summed E-state index contributed by atoms with van der Waals surface area (Å²) in [5, 5.41) is 8.79. The molecule has 0 heterocycles. The molecular weight excluding hydrogens is 204 g/mol. The summed E-state index contributed by atoms with van der Waals surface area (Å²) < 4.78 is 5.50. The number of hydrogen-bond acceptors (Lipinski definition) is 2. The maximum atomic E-state index is 10.7. The molecule has 1 N–H and O–H groups in total. The Morgan fingerprint density at radius 3 is 2.75 bits per heavy atom. The fourth-order valence-electron chi connectivity index (χ4n) is 1.71. The van der Waals surface area contributed by atoms with Crippen LogP contribution in [0.4, 0.5) is 0 Å². The molecular formula is C13H18O3. The van der Waals surface area contributed by atoms with Crippen molar-refractivity contribution >= 4 is 5.97 Å². The number of ether oxygens (including phenoxy) is 1. The molecule has 88 valence electrons. The zero-order valence-corrected chi connectivity index (χ0v) is 9.99. The van der Waals surface area contributed by atoms with Gasteiger partial charge in [0.05, 0.1) is 13.0 Å². The van der Waals surface area contributed by atoms with Crippen molar-refractivity contribution in [3.8, 4) is 5.75 Å². The normalized spacial score (nSPS) is 12.2. The molecule has 16 heavy (non-hydrogen) atoms. The summed E-state index contributed by atoms with van der Waals surface area (Å²) >= 11 is 0. The predicted molar refractivity (Wildman–Crippen MR) is 63.0 cm³/mol. The van der Waals surface area contributed by atoms with Crippen molar-refractivity contribution in [2.75, 3.05) is 6.61 Å². The van der Waals surface area contributed by atoms with Gasteiger partial charge in [0.2, 0.25) is 0 Å². The minimum atomic E-state index is -0.781. The standard InChI is InChI=1S/C13H18O3/c1-4-16-12-6-5-9(2)7-11(12)10(3)8-13(14)15/h5-7,10H,4,8H2,1-3H3,(H,14,15). The van der Waals surface area contributed by atoms with Gasteiger partial charge in [-0.25, -0.2) is 0 Å². The van der Waals surface area contributed by atoms with E-state index in [1.165, 1.54) is 0 Å². The van der Waals surface area contributed by atoms with Gasteiger partial charge in [0.25, 0.3) is 0 Å². The summed E-state index contributed by atoms with van der Waals surface area (Å²) in [5.41, 5.74) is 2.10. The second-order valence-electron chi connectivity index (χ2n) is 3.97. The second-order valence-corrected chi connectivity index (χ2v) is 3.97. The smallest absolute Gasteiger partial charge is 0.303 e. The van der Waals surface area contributed by atoms with E-state index in [1.54, 1.807) is 0 Å². The molecule has 1 aromatic rings. The molecule has 0 fully saturated rings.